The molecule has 0 aliphatic heterocycles. The fraction of sp³-hybridized carbons (Fsp3) is 0. The summed E-state index contributed by atoms with van der Waals surface area (Å²) in [5, 5.41) is 12.1. The monoisotopic (exact) mass is 717 g/mol. The Morgan fingerprint density at radius 2 is 0.946 bits per heavy atom. The van der Waals surface area contributed by atoms with Crippen molar-refractivity contribution < 1.29 is 4.42 Å². The van der Waals surface area contributed by atoms with Crippen LogP contribution in [0.15, 0.2) is 192 Å². The Hall–Kier alpha value is -7.70. The summed E-state index contributed by atoms with van der Waals surface area (Å²) in [6.07, 6.45) is 0. The lowest BCUT2D eigenvalue weighted by Crippen LogP contribution is -2.01. The van der Waals surface area contributed by atoms with Crippen molar-refractivity contribution in [2.24, 2.45) is 0 Å². The summed E-state index contributed by atoms with van der Waals surface area (Å²) < 4.78 is 13.1. The van der Waals surface area contributed by atoms with Crippen molar-refractivity contribution >= 4 is 65.6 Å². The van der Waals surface area contributed by atoms with E-state index in [2.05, 4.69) is 149 Å². The lowest BCUT2D eigenvalue weighted by atomic mass is 10.1. The molecular formula is C50H31N5O. The second-order valence-corrected chi connectivity index (χ2v) is 14.3. The molecule has 0 radical (unpaired) electrons. The molecule has 12 rings (SSSR count). The van der Waals surface area contributed by atoms with Crippen molar-refractivity contribution in [1.29, 1.82) is 0 Å². The number of para-hydroxylation sites is 3. The van der Waals surface area contributed by atoms with Crippen molar-refractivity contribution in [2.45, 2.75) is 0 Å². The van der Waals surface area contributed by atoms with Crippen molar-refractivity contribution in [1.82, 2.24) is 23.9 Å². The van der Waals surface area contributed by atoms with Crippen molar-refractivity contribution in [3.63, 3.8) is 0 Å². The molecule has 4 heterocycles. The first-order valence-corrected chi connectivity index (χ1v) is 18.8. The Bertz CT molecular complexity index is 3480. The van der Waals surface area contributed by atoms with Crippen LogP contribution in [-0.4, -0.2) is 23.9 Å². The van der Waals surface area contributed by atoms with E-state index in [1.807, 2.05) is 53.2 Å². The predicted octanol–water partition coefficient (Wildman–Crippen LogP) is 12.7. The van der Waals surface area contributed by atoms with Crippen LogP contribution in [0.4, 0.5) is 0 Å². The smallest absolute Gasteiger partial charge is 0.182 e. The molecule has 4 aromatic heterocycles. The van der Waals surface area contributed by atoms with Crippen molar-refractivity contribution in [3.8, 4) is 39.8 Å². The third kappa shape index (κ3) is 4.56. The van der Waals surface area contributed by atoms with Gasteiger partial charge in [0, 0.05) is 54.8 Å². The van der Waals surface area contributed by atoms with Gasteiger partial charge in [-0.2, -0.15) is 0 Å². The van der Waals surface area contributed by atoms with Crippen LogP contribution < -0.4 is 0 Å². The zero-order chi connectivity index (χ0) is 36.7. The second-order valence-electron chi connectivity index (χ2n) is 14.3. The normalized spacial score (nSPS) is 11.9. The van der Waals surface area contributed by atoms with E-state index in [0.29, 0.717) is 5.82 Å². The van der Waals surface area contributed by atoms with Crippen molar-refractivity contribution in [2.75, 3.05) is 0 Å². The number of aromatic nitrogens is 5. The van der Waals surface area contributed by atoms with E-state index >= 15 is 0 Å². The van der Waals surface area contributed by atoms with Crippen LogP contribution in [0.25, 0.3) is 105 Å². The van der Waals surface area contributed by atoms with Crippen LogP contribution >= 0.6 is 0 Å². The molecule has 262 valence electrons. The number of rotatable bonds is 5. The van der Waals surface area contributed by atoms with E-state index in [4.69, 9.17) is 14.5 Å². The molecule has 8 aromatic carbocycles. The maximum Gasteiger partial charge on any atom is 0.182 e. The van der Waals surface area contributed by atoms with Gasteiger partial charge in [-0.15, -0.1) is 5.10 Å². The zero-order valence-electron chi connectivity index (χ0n) is 30.0. The largest absolute Gasteiger partial charge is 0.456 e. The second kappa shape index (κ2) is 11.9. The highest BCUT2D eigenvalue weighted by atomic mass is 16.3. The molecule has 0 amide bonds. The Morgan fingerprint density at radius 3 is 1.68 bits per heavy atom. The van der Waals surface area contributed by atoms with Gasteiger partial charge < -0.3 is 13.6 Å². The number of furan rings is 1. The molecule has 0 saturated heterocycles. The van der Waals surface area contributed by atoms with Crippen LogP contribution in [0.5, 0.6) is 0 Å². The van der Waals surface area contributed by atoms with E-state index in [1.54, 1.807) is 0 Å². The molecular weight excluding hydrogens is 687 g/mol. The van der Waals surface area contributed by atoms with E-state index in [1.165, 1.54) is 16.2 Å². The van der Waals surface area contributed by atoms with Crippen LogP contribution in [0, 0.1) is 0 Å². The van der Waals surface area contributed by atoms with Gasteiger partial charge in [-0.05, 0) is 60.7 Å². The minimum Gasteiger partial charge on any atom is -0.456 e. The summed E-state index contributed by atoms with van der Waals surface area (Å²) in [6.45, 7) is 0. The number of hydrogen-bond donors (Lipinski definition) is 0. The molecule has 0 saturated carbocycles. The predicted molar refractivity (Wildman–Crippen MR) is 228 cm³/mol. The van der Waals surface area contributed by atoms with Crippen LogP contribution in [0.1, 0.15) is 0 Å². The van der Waals surface area contributed by atoms with Crippen LogP contribution in [0.2, 0.25) is 0 Å². The maximum absolute atomic E-state index is 6.35. The van der Waals surface area contributed by atoms with Gasteiger partial charge in [0.2, 0.25) is 0 Å². The van der Waals surface area contributed by atoms with Crippen LogP contribution in [-0.2, 0) is 0 Å². The summed E-state index contributed by atoms with van der Waals surface area (Å²) in [7, 11) is 0. The minimum atomic E-state index is 0.685. The molecule has 0 spiro atoms. The highest BCUT2D eigenvalue weighted by Crippen LogP contribution is 2.40. The topological polar surface area (TPSA) is 53.7 Å². The molecule has 0 aliphatic rings. The van der Waals surface area contributed by atoms with Gasteiger partial charge in [0.1, 0.15) is 11.2 Å². The number of fused-ring (bicyclic) bond motifs is 9. The van der Waals surface area contributed by atoms with Gasteiger partial charge in [-0.1, -0.05) is 127 Å². The molecule has 0 unspecified atom stereocenters. The first-order valence-electron chi connectivity index (χ1n) is 18.8. The summed E-state index contributed by atoms with van der Waals surface area (Å²) >= 11 is 0. The van der Waals surface area contributed by atoms with Gasteiger partial charge >= 0.3 is 0 Å². The fourth-order valence-electron chi connectivity index (χ4n) is 8.58. The fourth-order valence-corrected chi connectivity index (χ4v) is 8.58. The highest BCUT2D eigenvalue weighted by Gasteiger charge is 2.20. The van der Waals surface area contributed by atoms with Crippen molar-refractivity contribution in [3.05, 3.63) is 188 Å². The summed E-state index contributed by atoms with van der Waals surface area (Å²) in [5.41, 5.74) is 11.4. The lowest BCUT2D eigenvalue weighted by molar-refractivity contribution is 0.669. The molecule has 0 N–H and O–H groups in total. The molecule has 6 heteroatoms. The number of benzene rings is 8. The van der Waals surface area contributed by atoms with E-state index in [0.717, 1.165) is 83.4 Å². The summed E-state index contributed by atoms with van der Waals surface area (Å²) in [5.74, 6) is 1.48. The van der Waals surface area contributed by atoms with E-state index in [9.17, 15) is 0 Å². The molecule has 56 heavy (non-hydrogen) atoms. The average molecular weight is 718 g/mol. The van der Waals surface area contributed by atoms with Gasteiger partial charge in [0.25, 0.3) is 0 Å². The van der Waals surface area contributed by atoms with E-state index in [-0.39, 0.29) is 0 Å². The van der Waals surface area contributed by atoms with Gasteiger partial charge in [0.05, 0.1) is 27.8 Å². The van der Waals surface area contributed by atoms with Gasteiger partial charge in [-0.3, -0.25) is 0 Å². The quantitative estimate of drug-likeness (QED) is 0.178. The standard InChI is InChI=1S/C50H31N5O/c1-3-14-32(15-4-1)49-51-50(33-16-5-2-6-17-33)55(52-49)36-26-27-39-37-20-7-10-23-43(37)53(45(39)29-36)34-18-13-19-35(28-34)54-44-24-11-8-21-38(44)41-31-48-42(30-46(41)54)40-22-9-12-25-47(40)56-48/h1-31H. The Morgan fingerprint density at radius 1 is 0.357 bits per heavy atom. The minimum absolute atomic E-state index is 0.685. The maximum atomic E-state index is 6.35. The summed E-state index contributed by atoms with van der Waals surface area (Å²) in [6, 6.07) is 66.1. The van der Waals surface area contributed by atoms with Gasteiger partial charge in [0.15, 0.2) is 11.6 Å². The van der Waals surface area contributed by atoms with Gasteiger partial charge in [-0.25, -0.2) is 9.67 Å². The Labute approximate surface area is 320 Å². The lowest BCUT2D eigenvalue weighted by Gasteiger charge is -2.13. The molecule has 0 fully saturated rings. The molecule has 6 nitrogen and oxygen atoms in total. The number of nitrogens with zero attached hydrogens (tertiary/aromatic N) is 5. The third-order valence-electron chi connectivity index (χ3n) is 11.1. The SMILES string of the molecule is c1ccc(-c2nc(-c3ccccc3)n(-c3ccc4c5ccccc5n(-c5cccc(-n6c7ccccc7c7cc8oc9ccccc9c8cc76)c5)c4c3)n2)cc1. The molecule has 0 bridgehead atoms. The van der Waals surface area contributed by atoms with Crippen LogP contribution in [0.3, 0.4) is 0 Å². The molecule has 12 aromatic rings. The number of hydrogen-bond acceptors (Lipinski definition) is 3. The summed E-state index contributed by atoms with van der Waals surface area (Å²) in [4.78, 5) is 5.09. The molecule has 0 aliphatic carbocycles. The first-order chi connectivity index (χ1) is 27.8. The van der Waals surface area contributed by atoms with E-state index < -0.39 is 0 Å². The molecule has 0 atom stereocenters. The average Bonchev–Trinajstić information content (AvgIpc) is 4.03. The Kier molecular flexibility index (Phi) is 6.53. The zero-order valence-corrected chi connectivity index (χ0v) is 30.0. The third-order valence-corrected chi connectivity index (χ3v) is 11.1. The highest BCUT2D eigenvalue weighted by molar-refractivity contribution is 6.17. The Balaban J connectivity index is 1.08. The first kappa shape index (κ1) is 30.7.